The van der Waals surface area contributed by atoms with Crippen LogP contribution in [0.2, 0.25) is 0 Å². The van der Waals surface area contributed by atoms with Crippen LogP contribution >= 0.6 is 0 Å². The molecular formula is C10H14N2O. The van der Waals surface area contributed by atoms with E-state index in [9.17, 15) is 4.79 Å². The Labute approximate surface area is 78.2 Å². The average molecular weight is 178 g/mol. The third-order valence-corrected chi connectivity index (χ3v) is 1.80. The summed E-state index contributed by atoms with van der Waals surface area (Å²) in [5, 5.41) is 0. The van der Waals surface area contributed by atoms with Crippen LogP contribution in [0.3, 0.4) is 0 Å². The summed E-state index contributed by atoms with van der Waals surface area (Å²) in [6, 6.07) is 0. The fourth-order valence-electron chi connectivity index (χ4n) is 1.18. The molecule has 70 valence electrons. The molecule has 0 aliphatic carbocycles. The lowest BCUT2D eigenvalue weighted by molar-refractivity contribution is 0.101. The number of hydrogen-bond acceptors (Lipinski definition) is 3. The maximum Gasteiger partial charge on any atom is 0.163 e. The molecule has 1 aromatic rings. The summed E-state index contributed by atoms with van der Waals surface area (Å²) in [5.74, 6) is 0.0190. The van der Waals surface area contributed by atoms with Gasteiger partial charge in [-0.2, -0.15) is 0 Å². The van der Waals surface area contributed by atoms with Gasteiger partial charge < -0.3 is 0 Å². The lowest BCUT2D eigenvalue weighted by atomic mass is 9.88. The van der Waals surface area contributed by atoms with Gasteiger partial charge in [-0.3, -0.25) is 4.79 Å². The van der Waals surface area contributed by atoms with Crippen molar-refractivity contribution >= 4 is 5.78 Å². The van der Waals surface area contributed by atoms with Crippen molar-refractivity contribution in [3.63, 3.8) is 0 Å². The Hall–Kier alpha value is -1.25. The zero-order valence-corrected chi connectivity index (χ0v) is 8.46. The van der Waals surface area contributed by atoms with E-state index in [1.54, 1.807) is 6.20 Å². The first-order valence-corrected chi connectivity index (χ1v) is 4.24. The first-order valence-electron chi connectivity index (χ1n) is 4.24. The van der Waals surface area contributed by atoms with Crippen molar-refractivity contribution in [2.24, 2.45) is 0 Å². The minimum atomic E-state index is -0.107. The largest absolute Gasteiger partial charge is 0.294 e. The van der Waals surface area contributed by atoms with Gasteiger partial charge >= 0.3 is 0 Å². The van der Waals surface area contributed by atoms with Gasteiger partial charge in [0, 0.05) is 11.6 Å². The van der Waals surface area contributed by atoms with Crippen LogP contribution in [0.4, 0.5) is 0 Å². The van der Waals surface area contributed by atoms with E-state index in [1.807, 2.05) is 20.8 Å². The van der Waals surface area contributed by atoms with Crippen LogP contribution in [0.15, 0.2) is 12.5 Å². The van der Waals surface area contributed by atoms with Crippen LogP contribution < -0.4 is 0 Å². The van der Waals surface area contributed by atoms with Gasteiger partial charge in [0.25, 0.3) is 0 Å². The number of aromatic nitrogens is 2. The molecule has 3 nitrogen and oxygen atoms in total. The normalized spacial score (nSPS) is 11.4. The third-order valence-electron chi connectivity index (χ3n) is 1.80. The molecule has 0 spiro atoms. The quantitative estimate of drug-likeness (QED) is 0.617. The van der Waals surface area contributed by atoms with Crippen LogP contribution in [0.1, 0.15) is 43.7 Å². The van der Waals surface area contributed by atoms with Gasteiger partial charge in [0.05, 0.1) is 11.3 Å². The Balaban J connectivity index is 3.28. The van der Waals surface area contributed by atoms with E-state index in [-0.39, 0.29) is 11.2 Å². The van der Waals surface area contributed by atoms with Crippen molar-refractivity contribution in [3.8, 4) is 0 Å². The minimum absolute atomic E-state index is 0.0190. The SMILES string of the molecule is CC(=O)c1cncnc1C(C)(C)C. The lowest BCUT2D eigenvalue weighted by Gasteiger charge is -2.19. The van der Waals surface area contributed by atoms with E-state index < -0.39 is 0 Å². The van der Waals surface area contributed by atoms with E-state index in [0.29, 0.717) is 5.56 Å². The van der Waals surface area contributed by atoms with Crippen molar-refractivity contribution in [3.05, 3.63) is 23.8 Å². The molecule has 0 aromatic carbocycles. The van der Waals surface area contributed by atoms with E-state index in [4.69, 9.17) is 0 Å². The Morgan fingerprint density at radius 3 is 2.38 bits per heavy atom. The van der Waals surface area contributed by atoms with Gasteiger partial charge in [0.15, 0.2) is 5.78 Å². The second-order valence-electron chi connectivity index (χ2n) is 4.09. The number of carbonyl (C=O) groups excluding carboxylic acids is 1. The summed E-state index contributed by atoms with van der Waals surface area (Å²) in [5.41, 5.74) is 1.33. The number of Topliss-reactive ketones (excluding diaryl/α,β-unsaturated/α-hetero) is 1. The van der Waals surface area contributed by atoms with Crippen LogP contribution in [0.5, 0.6) is 0 Å². The smallest absolute Gasteiger partial charge is 0.163 e. The fraction of sp³-hybridized carbons (Fsp3) is 0.500. The molecule has 0 atom stereocenters. The topological polar surface area (TPSA) is 42.9 Å². The molecule has 0 N–H and O–H groups in total. The van der Waals surface area contributed by atoms with Crippen molar-refractivity contribution in [1.29, 1.82) is 0 Å². The van der Waals surface area contributed by atoms with Crippen LogP contribution in [0.25, 0.3) is 0 Å². The highest BCUT2D eigenvalue weighted by atomic mass is 16.1. The zero-order chi connectivity index (χ0) is 10.1. The predicted octanol–water partition coefficient (Wildman–Crippen LogP) is 1.98. The number of carbonyl (C=O) groups is 1. The molecule has 0 amide bonds. The van der Waals surface area contributed by atoms with Crippen LogP contribution in [-0.2, 0) is 5.41 Å². The molecular weight excluding hydrogens is 164 g/mol. The molecule has 0 saturated carbocycles. The van der Waals surface area contributed by atoms with Crippen molar-refractivity contribution in [2.45, 2.75) is 33.1 Å². The molecule has 0 aliphatic rings. The van der Waals surface area contributed by atoms with Gasteiger partial charge in [-0.25, -0.2) is 9.97 Å². The summed E-state index contributed by atoms with van der Waals surface area (Å²) in [4.78, 5) is 19.2. The molecule has 1 aromatic heterocycles. The third kappa shape index (κ3) is 2.11. The van der Waals surface area contributed by atoms with Gasteiger partial charge in [-0.15, -0.1) is 0 Å². The first kappa shape index (κ1) is 9.84. The van der Waals surface area contributed by atoms with Crippen molar-refractivity contribution in [2.75, 3.05) is 0 Å². The second kappa shape index (κ2) is 3.24. The average Bonchev–Trinajstić information content (AvgIpc) is 2.03. The monoisotopic (exact) mass is 178 g/mol. The van der Waals surface area contributed by atoms with Gasteiger partial charge in [0.1, 0.15) is 6.33 Å². The number of rotatable bonds is 1. The highest BCUT2D eigenvalue weighted by molar-refractivity contribution is 5.95. The Kier molecular flexibility index (Phi) is 2.45. The minimum Gasteiger partial charge on any atom is -0.294 e. The summed E-state index contributed by atoms with van der Waals surface area (Å²) in [6.45, 7) is 7.62. The summed E-state index contributed by atoms with van der Waals surface area (Å²) in [7, 11) is 0. The predicted molar refractivity (Wildman–Crippen MR) is 50.7 cm³/mol. The fourth-order valence-corrected chi connectivity index (χ4v) is 1.18. The second-order valence-corrected chi connectivity index (χ2v) is 4.09. The molecule has 0 aliphatic heterocycles. The highest BCUT2D eigenvalue weighted by Crippen LogP contribution is 2.22. The maximum absolute atomic E-state index is 11.2. The van der Waals surface area contributed by atoms with Crippen LogP contribution in [-0.4, -0.2) is 15.8 Å². The number of hydrogen-bond donors (Lipinski definition) is 0. The molecule has 3 heteroatoms. The first-order chi connectivity index (χ1) is 5.93. The maximum atomic E-state index is 11.2. The van der Waals surface area contributed by atoms with Crippen LogP contribution in [0, 0.1) is 0 Å². The van der Waals surface area contributed by atoms with Gasteiger partial charge in [0.2, 0.25) is 0 Å². The van der Waals surface area contributed by atoms with Crippen molar-refractivity contribution < 1.29 is 4.79 Å². The van der Waals surface area contributed by atoms with E-state index in [1.165, 1.54) is 13.3 Å². The van der Waals surface area contributed by atoms with Gasteiger partial charge in [-0.1, -0.05) is 20.8 Å². The summed E-state index contributed by atoms with van der Waals surface area (Å²) >= 11 is 0. The zero-order valence-electron chi connectivity index (χ0n) is 8.46. The van der Waals surface area contributed by atoms with E-state index in [0.717, 1.165) is 5.69 Å². The molecule has 1 heterocycles. The molecule has 0 saturated heterocycles. The molecule has 1 rings (SSSR count). The van der Waals surface area contributed by atoms with E-state index >= 15 is 0 Å². The molecule has 0 radical (unpaired) electrons. The Bertz CT molecular complexity index is 326. The number of ketones is 1. The standard InChI is InChI=1S/C10H14N2O/c1-7(13)8-5-11-6-12-9(8)10(2,3)4/h5-6H,1-4H3. The number of nitrogens with zero attached hydrogens (tertiary/aromatic N) is 2. The molecule has 0 bridgehead atoms. The lowest BCUT2D eigenvalue weighted by Crippen LogP contribution is -2.18. The summed E-state index contributed by atoms with van der Waals surface area (Å²) < 4.78 is 0. The Morgan fingerprint density at radius 2 is 2.00 bits per heavy atom. The molecule has 0 unspecified atom stereocenters. The van der Waals surface area contributed by atoms with Gasteiger partial charge in [-0.05, 0) is 6.92 Å². The summed E-state index contributed by atoms with van der Waals surface area (Å²) in [6.07, 6.45) is 3.06. The van der Waals surface area contributed by atoms with E-state index in [2.05, 4.69) is 9.97 Å². The Morgan fingerprint density at radius 1 is 1.38 bits per heavy atom. The van der Waals surface area contributed by atoms with Crippen molar-refractivity contribution in [1.82, 2.24) is 9.97 Å². The molecule has 13 heavy (non-hydrogen) atoms. The molecule has 0 fully saturated rings. The highest BCUT2D eigenvalue weighted by Gasteiger charge is 2.21.